The molecule has 0 aliphatic carbocycles. The number of ether oxygens (including phenoxy) is 1. The molecule has 0 aliphatic heterocycles. The van der Waals surface area contributed by atoms with E-state index in [1.165, 1.54) is 21.9 Å². The van der Waals surface area contributed by atoms with Crippen molar-refractivity contribution in [2.24, 2.45) is 0 Å². The molecule has 2 aromatic heterocycles. The Morgan fingerprint density at radius 2 is 1.74 bits per heavy atom. The van der Waals surface area contributed by atoms with E-state index in [1.54, 1.807) is 37.3 Å². The molecule has 0 spiro atoms. The van der Waals surface area contributed by atoms with Crippen LogP contribution in [0.4, 0.5) is 5.69 Å². The lowest BCUT2D eigenvalue weighted by molar-refractivity contribution is 0.0469. The number of carbonyl (C=O) groups excluding carboxylic acids is 2. The zero-order valence-corrected chi connectivity index (χ0v) is 18.8. The third kappa shape index (κ3) is 4.16. The number of hydrogen-bond donors (Lipinski definition) is 1. The highest BCUT2D eigenvalue weighted by atomic mass is 32.1. The van der Waals surface area contributed by atoms with E-state index in [1.807, 2.05) is 36.4 Å². The molecular weight excluding hydrogens is 452 g/mol. The van der Waals surface area contributed by atoms with Crippen LogP contribution in [-0.2, 0) is 11.3 Å². The predicted molar refractivity (Wildman–Crippen MR) is 129 cm³/mol. The molecule has 0 unspecified atom stereocenters. The van der Waals surface area contributed by atoms with E-state index in [0.29, 0.717) is 26.9 Å². The van der Waals surface area contributed by atoms with Gasteiger partial charge in [-0.25, -0.2) is 9.78 Å². The van der Waals surface area contributed by atoms with Gasteiger partial charge in [0.15, 0.2) is 0 Å². The number of aromatic nitrogens is 3. The topological polar surface area (TPSA) is 103 Å². The maximum absolute atomic E-state index is 13.0. The molecule has 5 aromatic rings. The molecule has 34 heavy (non-hydrogen) atoms. The zero-order chi connectivity index (χ0) is 23.7. The van der Waals surface area contributed by atoms with Crippen LogP contribution in [0.3, 0.4) is 0 Å². The Hall–Kier alpha value is -4.37. The monoisotopic (exact) mass is 470 g/mol. The minimum Gasteiger partial charge on any atom is -0.456 e. The fourth-order valence-electron chi connectivity index (χ4n) is 3.63. The SMILES string of the molecule is Cc1nn2c(=O)cc(COC(=O)c3ccccc3NC(=O)c3cccc4ccccc34)nc2s1. The van der Waals surface area contributed by atoms with Crippen LogP contribution in [-0.4, -0.2) is 26.5 Å². The Balaban J connectivity index is 1.36. The van der Waals surface area contributed by atoms with Crippen molar-refractivity contribution in [3.8, 4) is 0 Å². The second kappa shape index (κ2) is 8.87. The molecule has 8 nitrogen and oxygen atoms in total. The van der Waals surface area contributed by atoms with Crippen molar-refractivity contribution in [2.75, 3.05) is 5.32 Å². The lowest BCUT2D eigenvalue weighted by Gasteiger charge is -2.12. The number of rotatable bonds is 5. The van der Waals surface area contributed by atoms with Crippen LogP contribution in [0.5, 0.6) is 0 Å². The Bertz CT molecular complexity index is 1620. The summed E-state index contributed by atoms with van der Waals surface area (Å²) >= 11 is 1.27. The minimum absolute atomic E-state index is 0.187. The van der Waals surface area contributed by atoms with Gasteiger partial charge < -0.3 is 10.1 Å². The fourth-order valence-corrected chi connectivity index (χ4v) is 4.39. The molecule has 0 radical (unpaired) electrons. The highest BCUT2D eigenvalue weighted by molar-refractivity contribution is 7.16. The normalized spacial score (nSPS) is 11.0. The van der Waals surface area contributed by atoms with Crippen LogP contribution in [0.1, 0.15) is 31.4 Å². The van der Waals surface area contributed by atoms with Gasteiger partial charge >= 0.3 is 5.97 Å². The number of benzene rings is 3. The van der Waals surface area contributed by atoms with Gasteiger partial charge in [0.05, 0.1) is 16.9 Å². The van der Waals surface area contributed by atoms with E-state index in [2.05, 4.69) is 15.4 Å². The highest BCUT2D eigenvalue weighted by Crippen LogP contribution is 2.22. The van der Waals surface area contributed by atoms with Gasteiger partial charge in [-0.15, -0.1) is 0 Å². The van der Waals surface area contributed by atoms with Crippen molar-refractivity contribution in [1.29, 1.82) is 0 Å². The smallest absolute Gasteiger partial charge is 0.340 e. The Kier molecular flexibility index (Phi) is 5.60. The first-order chi connectivity index (χ1) is 16.5. The number of amides is 1. The molecule has 168 valence electrons. The van der Waals surface area contributed by atoms with Crippen LogP contribution in [0.25, 0.3) is 15.7 Å². The number of para-hydroxylation sites is 1. The van der Waals surface area contributed by atoms with Crippen molar-refractivity contribution in [2.45, 2.75) is 13.5 Å². The summed E-state index contributed by atoms with van der Waals surface area (Å²) in [4.78, 5) is 42.8. The van der Waals surface area contributed by atoms with E-state index < -0.39 is 5.97 Å². The summed E-state index contributed by atoms with van der Waals surface area (Å²) in [6.45, 7) is 1.59. The molecule has 9 heteroatoms. The van der Waals surface area contributed by atoms with Gasteiger partial charge in [0.1, 0.15) is 11.6 Å². The van der Waals surface area contributed by atoms with Crippen molar-refractivity contribution < 1.29 is 14.3 Å². The van der Waals surface area contributed by atoms with E-state index in [9.17, 15) is 14.4 Å². The van der Waals surface area contributed by atoms with Gasteiger partial charge in [0, 0.05) is 11.6 Å². The molecular formula is C25H18N4O4S. The van der Waals surface area contributed by atoms with E-state index in [-0.39, 0.29) is 23.6 Å². The van der Waals surface area contributed by atoms with Crippen molar-refractivity contribution in [3.05, 3.63) is 105 Å². The van der Waals surface area contributed by atoms with Crippen LogP contribution < -0.4 is 10.9 Å². The van der Waals surface area contributed by atoms with Gasteiger partial charge in [0.25, 0.3) is 11.5 Å². The molecule has 1 amide bonds. The largest absolute Gasteiger partial charge is 0.456 e. The van der Waals surface area contributed by atoms with E-state index >= 15 is 0 Å². The van der Waals surface area contributed by atoms with E-state index in [0.717, 1.165) is 10.8 Å². The quantitative estimate of drug-likeness (QED) is 0.386. The fraction of sp³-hybridized carbons (Fsp3) is 0.0800. The standard InChI is InChI=1S/C25H18N4O4S/c1-15-28-29-22(30)13-17(26-25(29)34-15)14-33-24(32)20-10-4-5-12-21(20)27-23(31)19-11-6-8-16-7-2-3-9-18(16)19/h2-13H,14H2,1H3,(H,27,31). The first kappa shape index (κ1) is 21.5. The summed E-state index contributed by atoms with van der Waals surface area (Å²) in [5, 5.41) is 9.37. The Labute approximate surface area is 197 Å². The molecule has 2 heterocycles. The number of anilines is 1. The van der Waals surface area contributed by atoms with E-state index in [4.69, 9.17) is 4.74 Å². The molecule has 5 rings (SSSR count). The molecule has 0 atom stereocenters. The van der Waals surface area contributed by atoms with Gasteiger partial charge in [-0.05, 0) is 35.9 Å². The number of nitrogens with one attached hydrogen (secondary N) is 1. The van der Waals surface area contributed by atoms with Crippen molar-refractivity contribution >= 4 is 44.6 Å². The molecule has 0 fully saturated rings. The summed E-state index contributed by atoms with van der Waals surface area (Å²) in [5.41, 5.74) is 0.996. The number of hydrogen-bond acceptors (Lipinski definition) is 7. The van der Waals surface area contributed by atoms with Crippen LogP contribution in [0.15, 0.2) is 77.6 Å². The van der Waals surface area contributed by atoms with Gasteiger partial charge in [-0.1, -0.05) is 59.9 Å². The second-order valence-electron chi connectivity index (χ2n) is 7.50. The number of carbonyl (C=O) groups is 2. The zero-order valence-electron chi connectivity index (χ0n) is 18.0. The molecule has 0 saturated carbocycles. The summed E-state index contributed by atoms with van der Waals surface area (Å²) in [6, 6.07) is 21.0. The lowest BCUT2D eigenvalue weighted by atomic mass is 10.0. The van der Waals surface area contributed by atoms with Crippen LogP contribution >= 0.6 is 11.3 Å². The summed E-state index contributed by atoms with van der Waals surface area (Å²) in [7, 11) is 0. The third-order valence-electron chi connectivity index (χ3n) is 5.18. The number of nitrogens with zero attached hydrogens (tertiary/aromatic N) is 3. The molecule has 0 bridgehead atoms. The highest BCUT2D eigenvalue weighted by Gasteiger charge is 2.17. The summed E-state index contributed by atoms with van der Waals surface area (Å²) in [6.07, 6.45) is 0. The Morgan fingerprint density at radius 1 is 1.00 bits per heavy atom. The maximum Gasteiger partial charge on any atom is 0.340 e. The third-order valence-corrected chi connectivity index (χ3v) is 6.00. The number of fused-ring (bicyclic) bond motifs is 2. The van der Waals surface area contributed by atoms with Gasteiger partial charge in [-0.3, -0.25) is 9.59 Å². The second-order valence-corrected chi connectivity index (χ2v) is 8.66. The number of aryl methyl sites for hydroxylation is 1. The lowest BCUT2D eigenvalue weighted by Crippen LogP contribution is -2.18. The molecule has 1 N–H and O–H groups in total. The summed E-state index contributed by atoms with van der Waals surface area (Å²) < 4.78 is 6.62. The molecule has 0 aliphatic rings. The van der Waals surface area contributed by atoms with Crippen molar-refractivity contribution in [1.82, 2.24) is 14.6 Å². The van der Waals surface area contributed by atoms with Gasteiger partial charge in [-0.2, -0.15) is 9.61 Å². The summed E-state index contributed by atoms with van der Waals surface area (Å²) in [5.74, 6) is -0.978. The predicted octanol–water partition coefficient (Wildman–Crippen LogP) is 4.22. The number of esters is 1. The molecule has 3 aromatic carbocycles. The average Bonchev–Trinajstić information content (AvgIpc) is 3.23. The first-order valence-electron chi connectivity index (χ1n) is 10.4. The Morgan fingerprint density at radius 3 is 2.62 bits per heavy atom. The van der Waals surface area contributed by atoms with Crippen molar-refractivity contribution in [3.63, 3.8) is 0 Å². The van der Waals surface area contributed by atoms with Crippen LogP contribution in [0.2, 0.25) is 0 Å². The minimum atomic E-state index is -0.642. The first-order valence-corrected chi connectivity index (χ1v) is 11.2. The van der Waals surface area contributed by atoms with Gasteiger partial charge in [0.2, 0.25) is 4.96 Å². The maximum atomic E-state index is 13.0. The molecule has 0 saturated heterocycles. The average molecular weight is 471 g/mol. The van der Waals surface area contributed by atoms with Crippen LogP contribution in [0, 0.1) is 6.92 Å².